The Labute approximate surface area is 198 Å². The van der Waals surface area contributed by atoms with E-state index in [0.29, 0.717) is 40.0 Å². The summed E-state index contributed by atoms with van der Waals surface area (Å²) in [5.41, 5.74) is 2.25. The molecule has 3 aromatic rings. The molecule has 7 nitrogen and oxygen atoms in total. The van der Waals surface area contributed by atoms with Gasteiger partial charge >= 0.3 is 0 Å². The van der Waals surface area contributed by atoms with E-state index in [1.807, 2.05) is 25.1 Å². The van der Waals surface area contributed by atoms with Crippen LogP contribution in [0.5, 0.6) is 5.75 Å². The summed E-state index contributed by atoms with van der Waals surface area (Å²) < 4.78 is 32.9. The Hall–Kier alpha value is -2.62. The van der Waals surface area contributed by atoms with Gasteiger partial charge in [-0.1, -0.05) is 30.3 Å². The average molecular weight is 486 g/mol. The zero-order valence-corrected chi connectivity index (χ0v) is 20.3. The summed E-state index contributed by atoms with van der Waals surface area (Å²) in [4.78, 5) is 17.4. The van der Waals surface area contributed by atoms with E-state index in [-0.39, 0.29) is 11.7 Å². The second kappa shape index (κ2) is 10.1. The molecule has 0 spiro atoms. The number of sulfonamides is 1. The second-order valence-corrected chi connectivity index (χ2v) is 10.9. The monoisotopic (exact) mass is 485 g/mol. The Balaban J connectivity index is 1.49. The molecule has 0 atom stereocenters. The van der Waals surface area contributed by atoms with E-state index in [2.05, 4.69) is 10.3 Å². The zero-order chi connectivity index (χ0) is 23.4. The van der Waals surface area contributed by atoms with Gasteiger partial charge in [0.25, 0.3) is 0 Å². The number of benzene rings is 2. The van der Waals surface area contributed by atoms with Gasteiger partial charge in [-0.3, -0.25) is 4.79 Å². The minimum atomic E-state index is -3.50. The molecule has 174 valence electrons. The number of ether oxygens (including phenoxy) is 1. The van der Waals surface area contributed by atoms with Gasteiger partial charge in [0, 0.05) is 18.5 Å². The summed E-state index contributed by atoms with van der Waals surface area (Å²) in [5, 5.41) is 4.37. The maximum atomic E-state index is 13.0. The van der Waals surface area contributed by atoms with E-state index >= 15 is 0 Å². The number of aromatic nitrogens is 1. The number of nitrogens with one attached hydrogen (secondary N) is 1. The number of hydrogen-bond donors (Lipinski definition) is 1. The van der Waals surface area contributed by atoms with Gasteiger partial charge in [-0.05, 0) is 61.7 Å². The van der Waals surface area contributed by atoms with Crippen LogP contribution in [0.25, 0.3) is 10.9 Å². The lowest BCUT2D eigenvalue weighted by Crippen LogP contribution is -2.35. The minimum Gasteiger partial charge on any atom is -0.495 e. The molecule has 1 N–H and O–H groups in total. The van der Waals surface area contributed by atoms with Crippen molar-refractivity contribution in [2.45, 2.75) is 36.1 Å². The summed E-state index contributed by atoms with van der Waals surface area (Å²) in [6.45, 7) is 3.08. The number of anilines is 1. The highest BCUT2D eigenvalue weighted by Crippen LogP contribution is 2.29. The number of pyridine rings is 1. The van der Waals surface area contributed by atoms with Crippen molar-refractivity contribution in [1.82, 2.24) is 9.29 Å². The van der Waals surface area contributed by atoms with Crippen LogP contribution in [0, 0.1) is 6.92 Å². The van der Waals surface area contributed by atoms with Gasteiger partial charge in [0.15, 0.2) is 0 Å². The van der Waals surface area contributed by atoms with Crippen LogP contribution in [0.2, 0.25) is 0 Å². The first-order valence-corrected chi connectivity index (χ1v) is 13.3. The molecule has 1 amide bonds. The Morgan fingerprint density at radius 1 is 1.12 bits per heavy atom. The number of rotatable bonds is 7. The molecule has 1 fully saturated rings. The predicted octanol–water partition coefficient (Wildman–Crippen LogP) is 4.46. The van der Waals surface area contributed by atoms with Gasteiger partial charge in [-0.2, -0.15) is 4.31 Å². The number of carbonyl (C=O) groups excluding carboxylic acids is 1. The lowest BCUT2D eigenvalue weighted by Gasteiger charge is -2.26. The van der Waals surface area contributed by atoms with Gasteiger partial charge in [-0.25, -0.2) is 13.4 Å². The number of fused-ring (bicyclic) bond motifs is 1. The number of piperidine rings is 1. The maximum Gasteiger partial charge on any atom is 0.243 e. The molecule has 0 aliphatic carbocycles. The van der Waals surface area contributed by atoms with Crippen molar-refractivity contribution in [2.24, 2.45) is 0 Å². The summed E-state index contributed by atoms with van der Waals surface area (Å²) in [6.07, 6.45) is 2.88. The number of aryl methyl sites for hydroxylation is 1. The highest BCUT2D eigenvalue weighted by Gasteiger charge is 2.26. The van der Waals surface area contributed by atoms with Crippen molar-refractivity contribution in [1.29, 1.82) is 0 Å². The maximum absolute atomic E-state index is 13.0. The SMILES string of the molecule is COc1ccccc1NC(=O)CSc1cc(C)c2cc(S(=O)(=O)N3CCCCC3)ccc2n1. The first-order valence-electron chi connectivity index (χ1n) is 10.9. The first kappa shape index (κ1) is 23.5. The van der Waals surface area contributed by atoms with Crippen LogP contribution in [0.3, 0.4) is 0 Å². The molecule has 0 bridgehead atoms. The van der Waals surface area contributed by atoms with E-state index in [4.69, 9.17) is 4.74 Å². The summed E-state index contributed by atoms with van der Waals surface area (Å²) in [7, 11) is -1.94. The number of methoxy groups -OCH3 is 1. The van der Waals surface area contributed by atoms with Crippen LogP contribution < -0.4 is 10.1 Å². The highest BCUT2D eigenvalue weighted by atomic mass is 32.2. The lowest BCUT2D eigenvalue weighted by molar-refractivity contribution is -0.113. The van der Waals surface area contributed by atoms with Gasteiger partial charge in [-0.15, -0.1) is 0 Å². The summed E-state index contributed by atoms with van der Waals surface area (Å²) >= 11 is 1.33. The topological polar surface area (TPSA) is 88.6 Å². The fourth-order valence-electron chi connectivity index (χ4n) is 3.90. The first-order chi connectivity index (χ1) is 15.9. The van der Waals surface area contributed by atoms with Crippen LogP contribution in [0.4, 0.5) is 5.69 Å². The molecule has 9 heteroatoms. The van der Waals surface area contributed by atoms with E-state index in [9.17, 15) is 13.2 Å². The number of para-hydroxylation sites is 2. The molecule has 0 saturated carbocycles. The number of thioether (sulfide) groups is 1. The van der Waals surface area contributed by atoms with Gasteiger partial charge in [0.1, 0.15) is 5.75 Å². The standard InChI is InChI=1S/C24H27N3O4S2/c1-17-14-24(32-16-23(28)25-21-8-4-5-9-22(21)31-2)26-20-11-10-18(15-19(17)20)33(29,30)27-12-6-3-7-13-27/h4-5,8-11,14-15H,3,6-7,12-13,16H2,1-2H3,(H,25,28). The molecule has 0 radical (unpaired) electrons. The molecule has 33 heavy (non-hydrogen) atoms. The number of hydrogen-bond acceptors (Lipinski definition) is 6. The van der Waals surface area contributed by atoms with Gasteiger partial charge in [0.2, 0.25) is 15.9 Å². The van der Waals surface area contributed by atoms with E-state index in [1.54, 1.807) is 41.7 Å². The van der Waals surface area contributed by atoms with Crippen LogP contribution >= 0.6 is 11.8 Å². The number of nitrogens with zero attached hydrogens (tertiary/aromatic N) is 2. The lowest BCUT2D eigenvalue weighted by atomic mass is 10.1. The fourth-order valence-corrected chi connectivity index (χ4v) is 6.22. The van der Waals surface area contributed by atoms with Crippen LogP contribution in [0.15, 0.2) is 58.5 Å². The molecule has 1 saturated heterocycles. The molecular formula is C24H27N3O4S2. The molecular weight excluding hydrogens is 458 g/mol. The van der Waals surface area contributed by atoms with Gasteiger partial charge < -0.3 is 10.1 Å². The zero-order valence-electron chi connectivity index (χ0n) is 18.7. The molecule has 2 heterocycles. The molecule has 4 rings (SSSR count). The fraction of sp³-hybridized carbons (Fsp3) is 0.333. The number of carbonyl (C=O) groups is 1. The minimum absolute atomic E-state index is 0.160. The van der Waals surface area contributed by atoms with Crippen molar-refractivity contribution < 1.29 is 17.9 Å². The quantitative estimate of drug-likeness (QED) is 0.497. The average Bonchev–Trinajstić information content (AvgIpc) is 2.83. The molecule has 1 aliphatic heterocycles. The third kappa shape index (κ3) is 5.31. The molecule has 1 aromatic heterocycles. The normalized spacial score (nSPS) is 14.8. The molecule has 1 aliphatic rings. The largest absolute Gasteiger partial charge is 0.495 e. The second-order valence-electron chi connectivity index (χ2n) is 7.96. The third-order valence-corrected chi connectivity index (χ3v) is 8.45. The van der Waals surface area contributed by atoms with Crippen LogP contribution in [-0.4, -0.2) is 49.6 Å². The van der Waals surface area contributed by atoms with Crippen molar-refractivity contribution in [3.05, 3.63) is 54.1 Å². The van der Waals surface area contributed by atoms with E-state index in [0.717, 1.165) is 30.2 Å². The Morgan fingerprint density at radius 2 is 1.88 bits per heavy atom. The van der Waals surface area contributed by atoms with Crippen molar-refractivity contribution >= 4 is 44.3 Å². The summed E-state index contributed by atoms with van der Waals surface area (Å²) in [5.74, 6) is 0.634. The Morgan fingerprint density at radius 3 is 2.64 bits per heavy atom. The predicted molar refractivity (Wildman–Crippen MR) is 131 cm³/mol. The molecule has 2 aromatic carbocycles. The van der Waals surface area contributed by atoms with Crippen LogP contribution in [0.1, 0.15) is 24.8 Å². The number of amides is 1. The smallest absolute Gasteiger partial charge is 0.243 e. The third-order valence-electron chi connectivity index (χ3n) is 5.65. The highest BCUT2D eigenvalue weighted by molar-refractivity contribution is 7.99. The van der Waals surface area contributed by atoms with Crippen LogP contribution in [-0.2, 0) is 14.8 Å². The van der Waals surface area contributed by atoms with Crippen molar-refractivity contribution in [2.75, 3.05) is 31.3 Å². The van der Waals surface area contributed by atoms with Crippen molar-refractivity contribution in [3.63, 3.8) is 0 Å². The summed E-state index contributed by atoms with van der Waals surface area (Å²) in [6, 6.07) is 14.2. The van der Waals surface area contributed by atoms with Crippen molar-refractivity contribution in [3.8, 4) is 5.75 Å². The van der Waals surface area contributed by atoms with E-state index in [1.165, 1.54) is 11.8 Å². The van der Waals surface area contributed by atoms with E-state index < -0.39 is 10.0 Å². The molecule has 0 unspecified atom stereocenters. The Kier molecular flexibility index (Phi) is 7.21. The van der Waals surface area contributed by atoms with Gasteiger partial charge in [0.05, 0.1) is 34.0 Å². The Bertz CT molecular complexity index is 1270.